The van der Waals surface area contributed by atoms with Gasteiger partial charge in [-0.05, 0) is 56.9 Å². The molecule has 192 valence electrons. The number of carboxylic acids is 1. The molecule has 2 aromatic rings. The van der Waals surface area contributed by atoms with Crippen molar-refractivity contribution in [2.24, 2.45) is 5.92 Å². The quantitative estimate of drug-likeness (QED) is 0.365. The Balaban J connectivity index is 1.95. The zero-order chi connectivity index (χ0) is 26.2. The van der Waals surface area contributed by atoms with Crippen LogP contribution in [0.25, 0.3) is 23.5 Å². The molecule has 2 heterocycles. The lowest BCUT2D eigenvalue weighted by atomic mass is 10.0. The summed E-state index contributed by atoms with van der Waals surface area (Å²) in [5.41, 5.74) is 0.789. The molecule has 2 N–H and O–H groups in total. The Morgan fingerprint density at radius 1 is 1.34 bits per heavy atom. The molecule has 0 radical (unpaired) electrons. The van der Waals surface area contributed by atoms with E-state index in [1.165, 1.54) is 6.08 Å². The van der Waals surface area contributed by atoms with Crippen molar-refractivity contribution < 1.29 is 27.8 Å². The van der Waals surface area contributed by atoms with Crippen LogP contribution in [0.5, 0.6) is 0 Å². The number of aromatic nitrogens is 3. The van der Waals surface area contributed by atoms with Crippen molar-refractivity contribution in [3.05, 3.63) is 42.4 Å². The number of hydrogen-bond acceptors (Lipinski definition) is 5. The maximum Gasteiger partial charge on any atom is 0.409 e. The number of anilines is 1. The van der Waals surface area contributed by atoms with E-state index in [0.29, 0.717) is 36.7 Å². The maximum atomic E-state index is 12.5. The van der Waals surface area contributed by atoms with Crippen molar-refractivity contribution in [2.45, 2.75) is 51.8 Å². The fourth-order valence-electron chi connectivity index (χ4n) is 3.31. The number of aliphatic carboxylic acids is 1. The van der Waals surface area contributed by atoms with Crippen molar-refractivity contribution in [1.82, 2.24) is 15.0 Å². The van der Waals surface area contributed by atoms with Gasteiger partial charge < -0.3 is 19.7 Å². The number of pyridine rings is 1. The number of rotatable bonds is 13. The molecule has 0 aliphatic rings. The molecule has 0 aliphatic heterocycles. The fourth-order valence-corrected chi connectivity index (χ4v) is 3.31. The summed E-state index contributed by atoms with van der Waals surface area (Å²) in [5, 5.41) is 8.85. The first-order valence-electron chi connectivity index (χ1n) is 11.3. The smallest absolute Gasteiger partial charge is 0.409 e. The lowest BCUT2D eigenvalue weighted by Gasteiger charge is -2.29. The van der Waals surface area contributed by atoms with Crippen LogP contribution in [0, 0.1) is 5.92 Å². The van der Waals surface area contributed by atoms with Crippen molar-refractivity contribution >= 4 is 23.9 Å². The average molecular weight is 495 g/mol. The van der Waals surface area contributed by atoms with Gasteiger partial charge in [-0.25, -0.2) is 9.97 Å². The third kappa shape index (κ3) is 9.56. The molecule has 1 atom stereocenters. The lowest BCUT2D eigenvalue weighted by molar-refractivity contribution is -0.138. The highest BCUT2D eigenvalue weighted by Crippen LogP contribution is 2.24. The molecular weight excluding hydrogens is 461 g/mol. The summed E-state index contributed by atoms with van der Waals surface area (Å²) in [4.78, 5) is 24.4. The minimum Gasteiger partial charge on any atom is -0.481 e. The van der Waals surface area contributed by atoms with E-state index in [0.717, 1.165) is 18.3 Å². The maximum absolute atomic E-state index is 12.5. The SMILES string of the molecule is C=Cc1nc(-c2ccc(N(C)CCC(C)(C)OCCC(C)CC(=O)O)nc2)[nH]c1/C=C/C(F)(F)F. The Hall–Kier alpha value is -3.14. The highest BCUT2D eigenvalue weighted by molar-refractivity contribution is 5.67. The minimum atomic E-state index is -4.42. The summed E-state index contributed by atoms with van der Waals surface area (Å²) in [6.07, 6.45) is 1.21. The summed E-state index contributed by atoms with van der Waals surface area (Å²) in [7, 11) is 1.91. The molecule has 2 rings (SSSR count). The number of carboxylic acid groups (broad SMARTS) is 1. The van der Waals surface area contributed by atoms with Crippen LogP contribution < -0.4 is 4.90 Å². The molecule has 2 aromatic heterocycles. The number of H-pyrrole nitrogens is 1. The van der Waals surface area contributed by atoms with Gasteiger partial charge in [0.05, 0.1) is 17.0 Å². The van der Waals surface area contributed by atoms with Gasteiger partial charge in [0, 0.05) is 44.5 Å². The van der Waals surface area contributed by atoms with Gasteiger partial charge in [0.2, 0.25) is 0 Å². The van der Waals surface area contributed by atoms with Crippen LogP contribution in [-0.4, -0.2) is 58.0 Å². The first-order valence-corrected chi connectivity index (χ1v) is 11.3. The van der Waals surface area contributed by atoms with Crippen LogP contribution in [0.3, 0.4) is 0 Å². The summed E-state index contributed by atoms with van der Waals surface area (Å²) < 4.78 is 43.5. The van der Waals surface area contributed by atoms with Gasteiger partial charge in [0.15, 0.2) is 0 Å². The number of nitrogens with zero attached hydrogens (tertiary/aromatic N) is 3. The van der Waals surface area contributed by atoms with E-state index < -0.39 is 12.1 Å². The van der Waals surface area contributed by atoms with Gasteiger partial charge in [0.1, 0.15) is 11.6 Å². The number of ether oxygens (including phenoxy) is 1. The molecular formula is C25H33F3N4O3. The lowest BCUT2D eigenvalue weighted by Crippen LogP contribution is -2.32. The number of aromatic amines is 1. The zero-order valence-corrected chi connectivity index (χ0v) is 20.5. The van der Waals surface area contributed by atoms with Gasteiger partial charge in [-0.2, -0.15) is 13.2 Å². The molecule has 1 unspecified atom stereocenters. The summed E-state index contributed by atoms with van der Waals surface area (Å²) in [6.45, 7) is 10.7. The molecule has 0 bridgehead atoms. The van der Waals surface area contributed by atoms with E-state index >= 15 is 0 Å². The number of carbonyl (C=O) groups is 1. The number of nitrogens with one attached hydrogen (secondary N) is 1. The Bertz CT molecular complexity index is 1010. The van der Waals surface area contributed by atoms with Crippen molar-refractivity contribution in [1.29, 1.82) is 0 Å². The first kappa shape index (κ1) is 28.1. The monoisotopic (exact) mass is 494 g/mol. The number of halogens is 3. The highest BCUT2D eigenvalue weighted by atomic mass is 19.4. The van der Waals surface area contributed by atoms with E-state index in [1.54, 1.807) is 12.3 Å². The zero-order valence-electron chi connectivity index (χ0n) is 20.5. The summed E-state index contributed by atoms with van der Waals surface area (Å²) in [6, 6.07) is 3.62. The Morgan fingerprint density at radius 3 is 2.63 bits per heavy atom. The van der Waals surface area contributed by atoms with Crippen LogP contribution in [0.15, 0.2) is 31.0 Å². The Labute approximate surface area is 203 Å². The van der Waals surface area contributed by atoms with Crippen LogP contribution in [-0.2, 0) is 9.53 Å². The summed E-state index contributed by atoms with van der Waals surface area (Å²) >= 11 is 0. The Kier molecular flexibility index (Phi) is 9.64. The van der Waals surface area contributed by atoms with Crippen LogP contribution in [0.1, 0.15) is 51.4 Å². The molecule has 0 saturated heterocycles. The normalized spacial score (nSPS) is 13.2. The highest BCUT2D eigenvalue weighted by Gasteiger charge is 2.23. The molecule has 0 aliphatic carbocycles. The van der Waals surface area contributed by atoms with Crippen molar-refractivity contribution in [2.75, 3.05) is 25.1 Å². The second-order valence-electron chi connectivity index (χ2n) is 9.14. The molecule has 0 aromatic carbocycles. The number of alkyl halides is 3. The van der Waals surface area contributed by atoms with Gasteiger partial charge in [0.25, 0.3) is 0 Å². The predicted octanol–water partition coefficient (Wildman–Crippen LogP) is 5.81. The van der Waals surface area contributed by atoms with E-state index in [2.05, 4.69) is 21.5 Å². The number of allylic oxidation sites excluding steroid dienone is 1. The van der Waals surface area contributed by atoms with E-state index in [-0.39, 0.29) is 29.7 Å². The topological polar surface area (TPSA) is 91.3 Å². The van der Waals surface area contributed by atoms with Crippen molar-refractivity contribution in [3.8, 4) is 11.4 Å². The van der Waals surface area contributed by atoms with Gasteiger partial charge in [-0.3, -0.25) is 4.79 Å². The first-order chi connectivity index (χ1) is 16.3. The number of imidazole rings is 1. The molecule has 0 amide bonds. The molecule has 35 heavy (non-hydrogen) atoms. The average Bonchev–Trinajstić information content (AvgIpc) is 3.18. The Morgan fingerprint density at radius 2 is 2.06 bits per heavy atom. The molecule has 7 nitrogen and oxygen atoms in total. The van der Waals surface area contributed by atoms with Crippen LogP contribution >= 0.6 is 0 Å². The van der Waals surface area contributed by atoms with E-state index in [9.17, 15) is 18.0 Å². The predicted molar refractivity (Wildman–Crippen MR) is 131 cm³/mol. The largest absolute Gasteiger partial charge is 0.481 e. The molecule has 0 saturated carbocycles. The van der Waals surface area contributed by atoms with Crippen molar-refractivity contribution in [3.63, 3.8) is 0 Å². The molecule has 0 fully saturated rings. The van der Waals surface area contributed by atoms with Gasteiger partial charge in [-0.15, -0.1) is 0 Å². The molecule has 10 heteroatoms. The molecule has 0 spiro atoms. The second-order valence-corrected chi connectivity index (χ2v) is 9.14. The van der Waals surface area contributed by atoms with Crippen LogP contribution in [0.2, 0.25) is 0 Å². The van der Waals surface area contributed by atoms with Crippen LogP contribution in [0.4, 0.5) is 19.0 Å². The standard InChI is InChI=1S/C25H33F3N4O3/c1-6-19-20(9-11-25(26,27)28)31-23(30-19)18-7-8-21(29-16-18)32(5)13-12-24(3,4)35-14-10-17(2)15-22(33)34/h6-9,11,16-17H,1,10,12-15H2,2-5H3,(H,30,31)(H,33,34)/b11-9+. The van der Waals surface area contributed by atoms with Gasteiger partial charge >= 0.3 is 12.1 Å². The third-order valence-electron chi connectivity index (χ3n) is 5.48. The third-order valence-corrected chi connectivity index (χ3v) is 5.48. The van der Waals surface area contributed by atoms with E-state index in [4.69, 9.17) is 9.84 Å². The van der Waals surface area contributed by atoms with Gasteiger partial charge in [-0.1, -0.05) is 13.5 Å². The second kappa shape index (κ2) is 12.0. The number of hydrogen-bond donors (Lipinski definition) is 2. The fraction of sp³-hybridized carbons (Fsp3) is 0.480. The minimum absolute atomic E-state index is 0.0575. The van der Waals surface area contributed by atoms with E-state index in [1.807, 2.05) is 38.8 Å². The summed E-state index contributed by atoms with van der Waals surface area (Å²) in [5.74, 6) is 0.383.